The van der Waals surface area contributed by atoms with E-state index < -0.39 is 31.1 Å². The summed E-state index contributed by atoms with van der Waals surface area (Å²) in [5, 5.41) is 33.9. The number of nitrogens with two attached hydrogens (primary N) is 1. The molecular formula is C20H25N7O7. The molecule has 0 amide bonds. The maximum atomic E-state index is 10.3. The summed E-state index contributed by atoms with van der Waals surface area (Å²) >= 11 is 0. The predicted octanol–water partition coefficient (Wildman–Crippen LogP) is -0.508. The molecule has 0 spiro atoms. The van der Waals surface area contributed by atoms with Crippen molar-refractivity contribution in [3.63, 3.8) is 0 Å². The van der Waals surface area contributed by atoms with Crippen molar-refractivity contribution in [3.05, 3.63) is 24.0 Å². The third-order valence-corrected chi connectivity index (χ3v) is 5.30. The smallest absolute Gasteiger partial charge is 0.247 e. The number of aromatic nitrogens is 4. The van der Waals surface area contributed by atoms with Gasteiger partial charge in [0.15, 0.2) is 29.2 Å². The first-order valence-electron chi connectivity index (χ1n) is 10.1. The fourth-order valence-electron chi connectivity index (χ4n) is 3.62. The molecule has 0 unspecified atom stereocenters. The molecule has 3 aromatic rings. The zero-order valence-electron chi connectivity index (χ0n) is 18.6. The van der Waals surface area contributed by atoms with Crippen LogP contribution in [0.3, 0.4) is 0 Å². The molecule has 34 heavy (non-hydrogen) atoms. The minimum atomic E-state index is -1.31. The molecule has 3 heterocycles. The van der Waals surface area contributed by atoms with Crippen LogP contribution in [-0.4, -0.2) is 87.3 Å². The molecule has 2 aromatic heterocycles. The Labute approximate surface area is 193 Å². The first-order valence-corrected chi connectivity index (χ1v) is 10.1. The van der Waals surface area contributed by atoms with E-state index in [9.17, 15) is 15.3 Å². The largest absolute Gasteiger partial charge is 0.493 e. The number of hydrogen-bond acceptors (Lipinski definition) is 13. The second-order valence-electron chi connectivity index (χ2n) is 7.31. The molecule has 0 bridgehead atoms. The van der Waals surface area contributed by atoms with E-state index in [0.29, 0.717) is 22.8 Å². The molecule has 1 aromatic carbocycles. The number of fused-ring (bicyclic) bond motifs is 1. The quantitative estimate of drug-likeness (QED) is 0.207. The van der Waals surface area contributed by atoms with Gasteiger partial charge in [-0.15, -0.1) is 0 Å². The summed E-state index contributed by atoms with van der Waals surface area (Å²) in [5.74, 6) is 1.51. The highest BCUT2D eigenvalue weighted by molar-refractivity contribution is 5.84. The number of aliphatic hydroxyl groups excluding tert-OH is 3. The Morgan fingerprint density at radius 1 is 1.15 bits per heavy atom. The molecule has 6 N–H and O–H groups in total. The summed E-state index contributed by atoms with van der Waals surface area (Å²) in [6.07, 6.45) is -1.69. The Bertz CT molecular complexity index is 1180. The van der Waals surface area contributed by atoms with Gasteiger partial charge >= 0.3 is 0 Å². The van der Waals surface area contributed by atoms with Gasteiger partial charge in [-0.1, -0.05) is 0 Å². The van der Waals surface area contributed by atoms with Crippen LogP contribution in [0.2, 0.25) is 0 Å². The molecule has 1 fully saturated rings. The fraction of sp³-hybridized carbons (Fsp3) is 0.400. The minimum Gasteiger partial charge on any atom is -0.493 e. The number of rotatable bonds is 8. The van der Waals surface area contributed by atoms with Gasteiger partial charge in [-0.2, -0.15) is 15.1 Å². The molecule has 14 heteroatoms. The van der Waals surface area contributed by atoms with Crippen LogP contribution in [0.4, 0.5) is 11.8 Å². The van der Waals surface area contributed by atoms with Crippen molar-refractivity contribution in [3.8, 4) is 17.2 Å². The molecule has 1 aliphatic heterocycles. The van der Waals surface area contributed by atoms with Gasteiger partial charge in [0.05, 0.1) is 40.5 Å². The van der Waals surface area contributed by atoms with Crippen LogP contribution in [0, 0.1) is 0 Å². The molecule has 0 saturated carbocycles. The topological polar surface area (TPSA) is 192 Å². The van der Waals surface area contributed by atoms with Gasteiger partial charge in [0, 0.05) is 5.56 Å². The number of imidazole rings is 1. The molecule has 0 aliphatic carbocycles. The Morgan fingerprint density at radius 3 is 2.44 bits per heavy atom. The van der Waals surface area contributed by atoms with Crippen molar-refractivity contribution in [2.45, 2.75) is 24.5 Å². The van der Waals surface area contributed by atoms with Crippen LogP contribution in [0.1, 0.15) is 11.8 Å². The standard InChI is InChI=1S/C20H25N7O7/c1-31-10-4-9(5-11(32-2)16(10)33-3)6-23-26-20-24-17(21)13-18(25-20)27(8-22-13)19-15(30)14(29)12(7-28)34-19/h4-6,8,12,14-15,19,28-30H,7H2,1-3H3,(H3,21,24,25,26)/b23-6+/t12-,14+,15+,19-/m1/s1. The van der Waals surface area contributed by atoms with E-state index >= 15 is 0 Å². The highest BCUT2D eigenvalue weighted by atomic mass is 16.6. The fourth-order valence-corrected chi connectivity index (χ4v) is 3.62. The van der Waals surface area contributed by atoms with Crippen molar-refractivity contribution in [2.75, 3.05) is 39.1 Å². The summed E-state index contributed by atoms with van der Waals surface area (Å²) in [4.78, 5) is 12.7. The van der Waals surface area contributed by atoms with Gasteiger partial charge in [-0.05, 0) is 12.1 Å². The van der Waals surface area contributed by atoms with Gasteiger partial charge in [-0.3, -0.25) is 4.57 Å². The summed E-state index contributed by atoms with van der Waals surface area (Å²) in [6.45, 7) is -0.457. The van der Waals surface area contributed by atoms with Gasteiger partial charge in [0.1, 0.15) is 23.8 Å². The zero-order chi connectivity index (χ0) is 24.4. The summed E-state index contributed by atoms with van der Waals surface area (Å²) in [5.41, 5.74) is 9.88. The Kier molecular flexibility index (Phi) is 6.65. The molecule has 14 nitrogen and oxygen atoms in total. The lowest BCUT2D eigenvalue weighted by molar-refractivity contribution is -0.0511. The van der Waals surface area contributed by atoms with Gasteiger partial charge in [-0.25, -0.2) is 10.4 Å². The molecule has 4 atom stereocenters. The molecule has 1 saturated heterocycles. The number of benzene rings is 1. The average Bonchev–Trinajstić information content (AvgIpc) is 3.39. The number of ether oxygens (including phenoxy) is 4. The van der Waals surface area contributed by atoms with Crippen molar-refractivity contribution in [1.29, 1.82) is 0 Å². The number of methoxy groups -OCH3 is 3. The number of nitrogens with one attached hydrogen (secondary N) is 1. The number of hydrogen-bond donors (Lipinski definition) is 5. The van der Waals surface area contributed by atoms with E-state index in [1.54, 1.807) is 12.1 Å². The van der Waals surface area contributed by atoms with Crippen LogP contribution >= 0.6 is 0 Å². The van der Waals surface area contributed by atoms with Gasteiger partial charge < -0.3 is 40.0 Å². The number of hydrazone groups is 1. The molecule has 1 aliphatic rings. The molecule has 182 valence electrons. The Morgan fingerprint density at radius 2 is 1.85 bits per heavy atom. The van der Waals surface area contributed by atoms with Crippen LogP contribution < -0.4 is 25.4 Å². The maximum Gasteiger partial charge on any atom is 0.247 e. The van der Waals surface area contributed by atoms with Gasteiger partial charge in [0.25, 0.3) is 0 Å². The van der Waals surface area contributed by atoms with Crippen molar-refractivity contribution < 1.29 is 34.3 Å². The third-order valence-electron chi connectivity index (χ3n) is 5.30. The van der Waals surface area contributed by atoms with Crippen molar-refractivity contribution in [1.82, 2.24) is 19.5 Å². The third kappa shape index (κ3) is 4.14. The van der Waals surface area contributed by atoms with E-state index in [1.165, 1.54) is 38.4 Å². The van der Waals surface area contributed by atoms with E-state index in [4.69, 9.17) is 24.7 Å². The van der Waals surface area contributed by atoms with Crippen LogP contribution in [0.5, 0.6) is 17.2 Å². The van der Waals surface area contributed by atoms with Crippen LogP contribution in [0.25, 0.3) is 11.2 Å². The van der Waals surface area contributed by atoms with E-state index in [2.05, 4.69) is 25.5 Å². The second kappa shape index (κ2) is 9.64. The lowest BCUT2D eigenvalue weighted by Gasteiger charge is -2.16. The highest BCUT2D eigenvalue weighted by Crippen LogP contribution is 2.38. The van der Waals surface area contributed by atoms with E-state index in [0.717, 1.165) is 0 Å². The molecular weight excluding hydrogens is 450 g/mol. The number of nitrogen functional groups attached to an aromatic ring is 1. The summed E-state index contributed by atoms with van der Waals surface area (Å²) in [7, 11) is 4.54. The Hall–Kier alpha value is -3.72. The molecule has 4 rings (SSSR count). The zero-order valence-corrected chi connectivity index (χ0v) is 18.6. The normalized spacial score (nSPS) is 22.4. The van der Waals surface area contributed by atoms with Crippen molar-refractivity contribution >= 4 is 29.1 Å². The van der Waals surface area contributed by atoms with Gasteiger partial charge in [0.2, 0.25) is 11.7 Å². The van der Waals surface area contributed by atoms with E-state index in [1.807, 2.05) is 0 Å². The monoisotopic (exact) mass is 475 g/mol. The van der Waals surface area contributed by atoms with E-state index in [-0.39, 0.29) is 22.9 Å². The summed E-state index contributed by atoms with van der Waals surface area (Å²) in [6, 6.07) is 3.42. The molecule has 0 radical (unpaired) electrons. The maximum absolute atomic E-state index is 10.3. The minimum absolute atomic E-state index is 0.0576. The second-order valence-corrected chi connectivity index (χ2v) is 7.31. The lowest BCUT2D eigenvalue weighted by atomic mass is 10.1. The van der Waals surface area contributed by atoms with Crippen molar-refractivity contribution in [2.24, 2.45) is 5.10 Å². The lowest BCUT2D eigenvalue weighted by Crippen LogP contribution is -2.33. The summed E-state index contributed by atoms with van der Waals surface area (Å²) < 4.78 is 22.9. The Balaban J connectivity index is 1.60. The first-order chi connectivity index (χ1) is 16.4. The average molecular weight is 475 g/mol. The predicted molar refractivity (Wildman–Crippen MR) is 120 cm³/mol. The highest BCUT2D eigenvalue weighted by Gasteiger charge is 2.44. The number of aliphatic hydroxyl groups is 3. The first kappa shape index (κ1) is 23.4. The number of anilines is 2. The number of nitrogens with zero attached hydrogens (tertiary/aromatic N) is 5. The van der Waals surface area contributed by atoms with Crippen LogP contribution in [0.15, 0.2) is 23.6 Å². The van der Waals surface area contributed by atoms with Crippen LogP contribution in [-0.2, 0) is 4.74 Å². The SMILES string of the molecule is COc1cc(/C=N/Nc2nc(N)c3ncn([C@@H]4O[C@H](CO)[C@H](O)[C@@H]4O)c3n2)cc(OC)c1OC.